The van der Waals surface area contributed by atoms with Gasteiger partial charge in [0.25, 0.3) is 0 Å². The zero-order chi connectivity index (χ0) is 26.0. The molecule has 1 N–H and O–H groups in total. The van der Waals surface area contributed by atoms with E-state index in [4.69, 9.17) is 14.2 Å². The molecule has 2 heterocycles. The van der Waals surface area contributed by atoms with Gasteiger partial charge in [-0.2, -0.15) is 0 Å². The number of rotatable bonds is 5. The molecule has 1 saturated carbocycles. The van der Waals surface area contributed by atoms with E-state index in [9.17, 15) is 24.3 Å². The van der Waals surface area contributed by atoms with Crippen molar-refractivity contribution in [1.82, 2.24) is 4.90 Å². The SMILES string of the molecule is COC[C@H]1OC(=O)C(CN2CCCC2)=C2C(=O)C(=O)C3=C([C@H](OC(C)=O)C[C@]4(C)[C@@H](O)CC[C@@H]34)[C@]21C. The van der Waals surface area contributed by atoms with Crippen LogP contribution >= 0.6 is 0 Å². The molecule has 9 nitrogen and oxygen atoms in total. The molecule has 5 rings (SSSR count). The first kappa shape index (κ1) is 25.3. The molecule has 0 unspecified atom stereocenters. The Morgan fingerprint density at radius 1 is 1.14 bits per heavy atom. The lowest BCUT2D eigenvalue weighted by molar-refractivity contribution is -0.162. The largest absolute Gasteiger partial charge is 0.458 e. The molecule has 0 bridgehead atoms. The molecule has 9 heteroatoms. The molecular formula is C27H35NO8. The highest BCUT2D eigenvalue weighted by molar-refractivity contribution is 6.51. The van der Waals surface area contributed by atoms with Gasteiger partial charge in [-0.25, -0.2) is 4.79 Å². The topological polar surface area (TPSA) is 119 Å². The molecule has 0 radical (unpaired) electrons. The number of carbonyl (C=O) groups is 4. The Morgan fingerprint density at radius 2 is 1.83 bits per heavy atom. The number of cyclic esters (lactones) is 1. The van der Waals surface area contributed by atoms with Crippen LogP contribution in [-0.4, -0.2) is 85.2 Å². The Hall–Kier alpha value is -2.36. The highest BCUT2D eigenvalue weighted by Gasteiger charge is 2.65. The molecule has 6 atom stereocenters. The third-order valence-electron chi connectivity index (χ3n) is 9.28. The number of allylic oxidation sites excluding steroid dienone is 1. The van der Waals surface area contributed by atoms with Crippen molar-refractivity contribution < 1.29 is 38.5 Å². The average molecular weight is 502 g/mol. The van der Waals surface area contributed by atoms with Gasteiger partial charge in [-0.3, -0.25) is 19.3 Å². The van der Waals surface area contributed by atoms with Crippen LogP contribution in [0, 0.1) is 16.7 Å². The summed E-state index contributed by atoms with van der Waals surface area (Å²) in [5.41, 5.74) is -0.709. The molecule has 196 valence electrons. The van der Waals surface area contributed by atoms with Gasteiger partial charge in [0.1, 0.15) is 12.2 Å². The van der Waals surface area contributed by atoms with Gasteiger partial charge in [0.15, 0.2) is 0 Å². The van der Waals surface area contributed by atoms with Crippen molar-refractivity contribution in [2.45, 2.75) is 71.2 Å². The second-order valence-electron chi connectivity index (χ2n) is 11.3. The minimum absolute atomic E-state index is 0.0122. The molecule has 0 aromatic rings. The number of fused-ring (bicyclic) bond motifs is 4. The van der Waals surface area contributed by atoms with Gasteiger partial charge in [-0.1, -0.05) is 6.92 Å². The number of nitrogens with zero attached hydrogens (tertiary/aromatic N) is 1. The predicted molar refractivity (Wildman–Crippen MR) is 127 cm³/mol. The quantitative estimate of drug-likeness (QED) is 0.442. The van der Waals surface area contributed by atoms with Crippen molar-refractivity contribution in [1.29, 1.82) is 0 Å². The Bertz CT molecular complexity index is 1090. The summed E-state index contributed by atoms with van der Waals surface area (Å²) in [4.78, 5) is 55.4. The number of hydrogen-bond acceptors (Lipinski definition) is 9. The Balaban J connectivity index is 1.77. The Morgan fingerprint density at radius 3 is 2.47 bits per heavy atom. The third-order valence-corrected chi connectivity index (χ3v) is 9.28. The van der Waals surface area contributed by atoms with Crippen LogP contribution in [0.15, 0.2) is 22.3 Å². The first-order valence-corrected chi connectivity index (χ1v) is 12.9. The van der Waals surface area contributed by atoms with E-state index in [-0.39, 0.29) is 30.2 Å². The molecule has 0 amide bonds. The number of ketones is 2. The number of esters is 2. The summed E-state index contributed by atoms with van der Waals surface area (Å²) in [6, 6.07) is 0. The van der Waals surface area contributed by atoms with Gasteiger partial charge in [0, 0.05) is 37.1 Å². The van der Waals surface area contributed by atoms with Crippen LogP contribution in [0.3, 0.4) is 0 Å². The second kappa shape index (κ2) is 8.89. The molecule has 3 aliphatic carbocycles. The number of Topliss-reactive ketones (excluding diaryl/α,β-unsaturated/α-hetero) is 2. The standard InChI is InChI=1S/C27H35NO8/c1-14(29)35-17-11-26(2)16(7-8-18(26)30)20-22(17)27(3)19(13-34-4)36-25(33)15(12-28-9-5-6-10-28)21(27)24(32)23(20)31/h16-19,30H,5-13H2,1-4H3/t16-,17+,18-,19+,26-,27-/m0/s1. The molecule has 0 aromatic carbocycles. The minimum atomic E-state index is -1.20. The van der Waals surface area contributed by atoms with Crippen molar-refractivity contribution in [2.75, 3.05) is 33.4 Å². The molecular weight excluding hydrogens is 466 g/mol. The maximum absolute atomic E-state index is 13.9. The molecule has 0 spiro atoms. The zero-order valence-electron chi connectivity index (χ0n) is 21.4. The lowest BCUT2D eigenvalue weighted by Crippen LogP contribution is -2.59. The van der Waals surface area contributed by atoms with E-state index in [0.29, 0.717) is 30.4 Å². The van der Waals surface area contributed by atoms with Gasteiger partial charge >= 0.3 is 11.9 Å². The number of methoxy groups -OCH3 is 1. The molecule has 36 heavy (non-hydrogen) atoms. The molecule has 5 aliphatic rings. The highest BCUT2D eigenvalue weighted by atomic mass is 16.6. The van der Waals surface area contributed by atoms with Gasteiger partial charge in [0.05, 0.1) is 23.7 Å². The van der Waals surface area contributed by atoms with Gasteiger partial charge < -0.3 is 19.3 Å². The van der Waals surface area contributed by atoms with E-state index in [0.717, 1.165) is 25.9 Å². The molecule has 2 fully saturated rings. The van der Waals surface area contributed by atoms with Crippen molar-refractivity contribution in [2.24, 2.45) is 16.7 Å². The van der Waals surface area contributed by atoms with Gasteiger partial charge in [-0.15, -0.1) is 0 Å². The molecule has 1 saturated heterocycles. The van der Waals surface area contributed by atoms with Crippen LogP contribution < -0.4 is 0 Å². The van der Waals surface area contributed by atoms with E-state index in [1.807, 2.05) is 13.8 Å². The van der Waals surface area contributed by atoms with Crippen molar-refractivity contribution in [3.05, 3.63) is 22.3 Å². The fraction of sp³-hybridized carbons (Fsp3) is 0.704. The zero-order valence-corrected chi connectivity index (χ0v) is 21.4. The summed E-state index contributed by atoms with van der Waals surface area (Å²) in [5.74, 6) is -2.84. The fourth-order valence-corrected chi connectivity index (χ4v) is 7.50. The lowest BCUT2D eigenvalue weighted by atomic mass is 9.52. The summed E-state index contributed by atoms with van der Waals surface area (Å²) in [7, 11) is 1.49. The van der Waals surface area contributed by atoms with E-state index >= 15 is 0 Å². The smallest absolute Gasteiger partial charge is 0.336 e. The first-order chi connectivity index (χ1) is 17.0. The maximum atomic E-state index is 13.9. The van der Waals surface area contributed by atoms with Crippen molar-refractivity contribution in [3.63, 3.8) is 0 Å². The van der Waals surface area contributed by atoms with Crippen LogP contribution in [0.5, 0.6) is 0 Å². The van der Waals surface area contributed by atoms with E-state index in [1.165, 1.54) is 14.0 Å². The first-order valence-electron chi connectivity index (χ1n) is 12.9. The highest BCUT2D eigenvalue weighted by Crippen LogP contribution is 2.62. The third kappa shape index (κ3) is 3.54. The summed E-state index contributed by atoms with van der Waals surface area (Å²) < 4.78 is 17.2. The lowest BCUT2D eigenvalue weighted by Gasteiger charge is -2.54. The summed E-state index contributed by atoms with van der Waals surface area (Å²) >= 11 is 0. The number of likely N-dealkylation sites (tertiary alicyclic amines) is 1. The monoisotopic (exact) mass is 501 g/mol. The van der Waals surface area contributed by atoms with Crippen molar-refractivity contribution in [3.8, 4) is 0 Å². The van der Waals surface area contributed by atoms with E-state index in [1.54, 1.807) is 0 Å². The summed E-state index contributed by atoms with van der Waals surface area (Å²) in [5, 5.41) is 10.9. The van der Waals surface area contributed by atoms with Gasteiger partial charge in [0.2, 0.25) is 11.6 Å². The number of aliphatic hydroxyl groups is 1. The van der Waals surface area contributed by atoms with E-state index in [2.05, 4.69) is 4.90 Å². The van der Waals surface area contributed by atoms with Crippen LogP contribution in [0.2, 0.25) is 0 Å². The maximum Gasteiger partial charge on any atom is 0.336 e. The molecule has 0 aromatic heterocycles. The van der Waals surface area contributed by atoms with Crippen LogP contribution in [0.1, 0.15) is 52.9 Å². The van der Waals surface area contributed by atoms with Crippen molar-refractivity contribution >= 4 is 23.5 Å². The Kier molecular flexibility index (Phi) is 6.24. The fourth-order valence-electron chi connectivity index (χ4n) is 7.50. The number of ether oxygens (including phenoxy) is 3. The van der Waals surface area contributed by atoms with E-state index < -0.39 is 52.6 Å². The minimum Gasteiger partial charge on any atom is -0.458 e. The van der Waals surface area contributed by atoms with Crippen LogP contribution in [0.4, 0.5) is 0 Å². The number of carbonyl (C=O) groups excluding carboxylic acids is 4. The average Bonchev–Trinajstić information content (AvgIpc) is 3.42. The predicted octanol–water partition coefficient (Wildman–Crippen LogP) is 1.52. The molecule has 2 aliphatic heterocycles. The summed E-state index contributed by atoms with van der Waals surface area (Å²) in [6.07, 6.45) is 0.954. The normalized spacial score (nSPS) is 38.6. The van der Waals surface area contributed by atoms with Gasteiger partial charge in [-0.05, 0) is 63.6 Å². The Labute approximate surface area is 210 Å². The van der Waals surface area contributed by atoms with Crippen LogP contribution in [-0.2, 0) is 33.4 Å². The number of hydrogen-bond donors (Lipinski definition) is 1. The number of aliphatic hydroxyl groups excluding tert-OH is 1. The second-order valence-corrected chi connectivity index (χ2v) is 11.3. The van der Waals surface area contributed by atoms with Crippen LogP contribution in [0.25, 0.3) is 0 Å². The summed E-state index contributed by atoms with van der Waals surface area (Å²) in [6.45, 7) is 6.85.